The molecule has 1 aromatic rings. The van der Waals surface area contributed by atoms with Gasteiger partial charge in [0.05, 0.1) is 13.0 Å². The molecule has 0 radical (unpaired) electrons. The summed E-state index contributed by atoms with van der Waals surface area (Å²) >= 11 is 0. The van der Waals surface area contributed by atoms with Crippen LogP contribution in [0.25, 0.3) is 0 Å². The van der Waals surface area contributed by atoms with Crippen molar-refractivity contribution in [1.29, 1.82) is 0 Å². The Hall–Kier alpha value is -1.37. The van der Waals surface area contributed by atoms with Gasteiger partial charge in [-0.1, -0.05) is 19.9 Å². The van der Waals surface area contributed by atoms with E-state index in [0.717, 1.165) is 5.56 Å². The number of carbonyl (C=O) groups is 2. The van der Waals surface area contributed by atoms with E-state index in [1.54, 1.807) is 12.4 Å². The quantitative estimate of drug-likeness (QED) is 0.786. The summed E-state index contributed by atoms with van der Waals surface area (Å²) in [6.07, 6.45) is 3.66. The van der Waals surface area contributed by atoms with Gasteiger partial charge in [0.1, 0.15) is 0 Å². The molecule has 1 fully saturated rings. The maximum atomic E-state index is 12.2. The fraction of sp³-hybridized carbons (Fsp3) is 0.562. The van der Waals surface area contributed by atoms with Gasteiger partial charge in [0.15, 0.2) is 0 Å². The number of nitrogens with one attached hydrogen (secondary N) is 1. The van der Waals surface area contributed by atoms with Gasteiger partial charge in [0.2, 0.25) is 5.91 Å². The highest BCUT2D eigenvalue weighted by Gasteiger charge is 2.36. The van der Waals surface area contributed by atoms with Crippen molar-refractivity contribution in [3.05, 3.63) is 30.1 Å². The van der Waals surface area contributed by atoms with E-state index in [9.17, 15) is 9.59 Å². The number of rotatable bonds is 6. The number of aromatic nitrogens is 1. The highest BCUT2D eigenvalue weighted by molar-refractivity contribution is 5.85. The molecule has 0 bridgehead atoms. The Balaban J connectivity index is 0.00000264. The van der Waals surface area contributed by atoms with Gasteiger partial charge in [0.25, 0.3) is 0 Å². The van der Waals surface area contributed by atoms with E-state index < -0.39 is 5.97 Å². The Morgan fingerprint density at radius 3 is 2.62 bits per heavy atom. The van der Waals surface area contributed by atoms with Crippen LogP contribution in [0.1, 0.15) is 19.4 Å². The molecule has 2 N–H and O–H groups in total. The van der Waals surface area contributed by atoms with Crippen molar-refractivity contribution >= 4 is 36.7 Å². The lowest BCUT2D eigenvalue weighted by atomic mass is 9.91. The molecule has 136 valence electrons. The third-order valence-corrected chi connectivity index (χ3v) is 4.09. The maximum Gasteiger partial charge on any atom is 0.317 e. The molecular weight excluding hydrogens is 353 g/mol. The predicted octanol–water partition coefficient (Wildman–Crippen LogP) is 1.62. The first-order chi connectivity index (χ1) is 10.5. The molecule has 24 heavy (non-hydrogen) atoms. The molecule has 1 saturated heterocycles. The molecule has 0 unspecified atom stereocenters. The van der Waals surface area contributed by atoms with Gasteiger partial charge in [-0.15, -0.1) is 24.8 Å². The Morgan fingerprint density at radius 2 is 2.08 bits per heavy atom. The zero-order valence-corrected chi connectivity index (χ0v) is 15.5. The fourth-order valence-electron chi connectivity index (χ4n) is 3.01. The Labute approximate surface area is 154 Å². The normalized spacial score (nSPS) is 20.1. The van der Waals surface area contributed by atoms with E-state index >= 15 is 0 Å². The first-order valence-corrected chi connectivity index (χ1v) is 7.58. The van der Waals surface area contributed by atoms with Crippen LogP contribution in [0.2, 0.25) is 0 Å². The summed E-state index contributed by atoms with van der Waals surface area (Å²) in [5.41, 5.74) is 0.876. The molecule has 0 aliphatic carbocycles. The Morgan fingerprint density at radius 1 is 1.38 bits per heavy atom. The lowest BCUT2D eigenvalue weighted by Gasteiger charge is -2.23. The van der Waals surface area contributed by atoms with Crippen molar-refractivity contribution in [2.45, 2.75) is 26.3 Å². The second-order valence-corrected chi connectivity index (χ2v) is 6.21. The van der Waals surface area contributed by atoms with Crippen molar-refractivity contribution in [2.75, 3.05) is 19.6 Å². The molecule has 6 nitrogen and oxygen atoms in total. The van der Waals surface area contributed by atoms with Gasteiger partial charge in [-0.3, -0.25) is 19.5 Å². The molecule has 1 aliphatic rings. The summed E-state index contributed by atoms with van der Waals surface area (Å²) in [6, 6.07) is 3.69. The molecule has 0 spiro atoms. The summed E-state index contributed by atoms with van der Waals surface area (Å²) in [6.45, 7) is 5.54. The number of amides is 1. The minimum atomic E-state index is -0.829. The summed E-state index contributed by atoms with van der Waals surface area (Å²) < 4.78 is 0. The van der Waals surface area contributed by atoms with E-state index in [0.29, 0.717) is 25.4 Å². The van der Waals surface area contributed by atoms with Crippen molar-refractivity contribution in [3.8, 4) is 0 Å². The zero-order chi connectivity index (χ0) is 16.1. The van der Waals surface area contributed by atoms with Crippen molar-refractivity contribution in [1.82, 2.24) is 15.2 Å². The number of hydrogen-bond donors (Lipinski definition) is 2. The standard InChI is InChI=1S/C16H23N3O3.2ClH/c1-11(2)13-8-19(10-16(21)22)9-14(13)18-15(20)6-12-4-3-5-17-7-12;;/h3-5,7,11,13-14H,6,8-10H2,1-2H3,(H,18,20)(H,21,22);2*1H/t13-,14+;;/m1../s1. The smallest absolute Gasteiger partial charge is 0.317 e. The Bertz CT molecular complexity index is 529. The number of nitrogens with zero attached hydrogens (tertiary/aromatic N) is 2. The highest BCUT2D eigenvalue weighted by Crippen LogP contribution is 2.24. The molecular formula is C16H25Cl2N3O3. The molecule has 0 saturated carbocycles. The minimum absolute atomic E-state index is 0. The van der Waals surface area contributed by atoms with Gasteiger partial charge < -0.3 is 10.4 Å². The summed E-state index contributed by atoms with van der Waals surface area (Å²) in [5, 5.41) is 12.0. The third-order valence-electron chi connectivity index (χ3n) is 4.09. The van der Waals surface area contributed by atoms with Gasteiger partial charge in [-0.2, -0.15) is 0 Å². The van der Waals surface area contributed by atoms with Crippen molar-refractivity contribution in [3.63, 3.8) is 0 Å². The van der Waals surface area contributed by atoms with Crippen LogP contribution in [0.5, 0.6) is 0 Å². The van der Waals surface area contributed by atoms with Crippen LogP contribution >= 0.6 is 24.8 Å². The molecule has 2 rings (SSSR count). The first-order valence-electron chi connectivity index (χ1n) is 7.58. The lowest BCUT2D eigenvalue weighted by Crippen LogP contribution is -2.42. The number of likely N-dealkylation sites (tertiary alicyclic amines) is 1. The van der Waals surface area contributed by atoms with E-state index in [-0.39, 0.29) is 49.2 Å². The van der Waals surface area contributed by atoms with E-state index in [1.165, 1.54) is 0 Å². The number of pyridine rings is 1. The average Bonchev–Trinajstić information content (AvgIpc) is 2.81. The van der Waals surface area contributed by atoms with Crippen molar-refractivity contribution in [2.24, 2.45) is 11.8 Å². The lowest BCUT2D eigenvalue weighted by molar-refractivity contribution is -0.138. The number of aliphatic carboxylic acids is 1. The summed E-state index contributed by atoms with van der Waals surface area (Å²) in [5.74, 6) is -0.203. The number of hydrogen-bond acceptors (Lipinski definition) is 4. The van der Waals surface area contributed by atoms with Gasteiger partial charge in [-0.25, -0.2) is 0 Å². The number of halogens is 2. The molecule has 1 aliphatic heterocycles. The topological polar surface area (TPSA) is 82.5 Å². The van der Waals surface area contributed by atoms with Crippen LogP contribution in [-0.2, 0) is 16.0 Å². The van der Waals surface area contributed by atoms with Gasteiger partial charge in [-0.05, 0) is 23.5 Å². The number of carboxylic acid groups (broad SMARTS) is 1. The SMILES string of the molecule is CC(C)[C@H]1CN(CC(=O)O)C[C@@H]1NC(=O)Cc1cccnc1.Cl.Cl. The summed E-state index contributed by atoms with van der Waals surface area (Å²) in [4.78, 5) is 29.0. The van der Waals surface area contributed by atoms with Gasteiger partial charge >= 0.3 is 5.97 Å². The summed E-state index contributed by atoms with van der Waals surface area (Å²) in [7, 11) is 0. The molecule has 2 atom stereocenters. The Kier molecular flexibility index (Phi) is 9.89. The van der Waals surface area contributed by atoms with Crippen molar-refractivity contribution < 1.29 is 14.7 Å². The van der Waals surface area contributed by atoms with Gasteiger partial charge in [0, 0.05) is 31.5 Å². The zero-order valence-electron chi connectivity index (χ0n) is 13.8. The molecule has 1 amide bonds. The molecule has 1 aromatic heterocycles. The van der Waals surface area contributed by atoms with Crippen LogP contribution in [0.15, 0.2) is 24.5 Å². The average molecular weight is 378 g/mol. The maximum absolute atomic E-state index is 12.2. The van der Waals surface area contributed by atoms with E-state index in [4.69, 9.17) is 5.11 Å². The minimum Gasteiger partial charge on any atom is -0.480 e. The second-order valence-electron chi connectivity index (χ2n) is 6.21. The van der Waals surface area contributed by atoms with E-state index in [2.05, 4.69) is 24.1 Å². The first kappa shape index (κ1) is 22.6. The molecule has 0 aromatic carbocycles. The predicted molar refractivity (Wildman–Crippen MR) is 96.8 cm³/mol. The van der Waals surface area contributed by atoms with Crippen LogP contribution < -0.4 is 5.32 Å². The largest absolute Gasteiger partial charge is 0.480 e. The van der Waals surface area contributed by atoms with Crippen LogP contribution in [0.4, 0.5) is 0 Å². The molecule has 8 heteroatoms. The monoisotopic (exact) mass is 377 g/mol. The third kappa shape index (κ3) is 6.63. The van der Waals surface area contributed by atoms with Crippen LogP contribution in [-0.4, -0.2) is 52.5 Å². The van der Waals surface area contributed by atoms with Crippen LogP contribution in [0, 0.1) is 11.8 Å². The number of carboxylic acids is 1. The number of carbonyl (C=O) groups excluding carboxylic acids is 1. The fourth-order valence-corrected chi connectivity index (χ4v) is 3.01. The van der Waals surface area contributed by atoms with Crippen LogP contribution in [0.3, 0.4) is 0 Å². The second kappa shape index (κ2) is 10.5. The molecule has 2 heterocycles. The highest BCUT2D eigenvalue weighted by atomic mass is 35.5. The van der Waals surface area contributed by atoms with E-state index in [1.807, 2.05) is 17.0 Å².